The van der Waals surface area contributed by atoms with E-state index in [2.05, 4.69) is 6.92 Å². The molecule has 4 heteroatoms. The van der Waals surface area contributed by atoms with Gasteiger partial charge in [0.1, 0.15) is 0 Å². The van der Waals surface area contributed by atoms with Gasteiger partial charge in [-0.25, -0.2) is 8.42 Å². The molecule has 2 atom stereocenters. The van der Waals surface area contributed by atoms with Gasteiger partial charge in [-0.1, -0.05) is 32.4 Å². The zero-order chi connectivity index (χ0) is 13.1. The van der Waals surface area contributed by atoms with Gasteiger partial charge in [0.05, 0.1) is 11.0 Å². The van der Waals surface area contributed by atoms with Crippen molar-refractivity contribution in [3.05, 3.63) is 29.8 Å². The van der Waals surface area contributed by atoms with Crippen molar-refractivity contribution in [1.29, 1.82) is 0 Å². The first-order chi connectivity index (χ1) is 7.86. The highest BCUT2D eigenvalue weighted by molar-refractivity contribution is 7.90. The molecule has 0 aliphatic carbocycles. The predicted octanol–water partition coefficient (Wildman–Crippen LogP) is 2.56. The highest BCUT2D eigenvalue weighted by Gasteiger charge is 2.16. The molecular formula is C13H20O3S. The van der Waals surface area contributed by atoms with Gasteiger partial charge < -0.3 is 5.11 Å². The number of hydrogen-bond donors (Lipinski definition) is 1. The molecule has 0 saturated carbocycles. The summed E-state index contributed by atoms with van der Waals surface area (Å²) in [4.78, 5) is 0.289. The summed E-state index contributed by atoms with van der Waals surface area (Å²) in [5.41, 5.74) is 0.776. The van der Waals surface area contributed by atoms with Crippen LogP contribution in [0.2, 0.25) is 0 Å². The molecule has 3 nitrogen and oxygen atoms in total. The second-order valence-corrected chi connectivity index (χ2v) is 6.57. The average Bonchev–Trinajstić information content (AvgIpc) is 2.27. The normalized spacial score (nSPS) is 15.5. The van der Waals surface area contributed by atoms with E-state index in [1.54, 1.807) is 24.3 Å². The monoisotopic (exact) mass is 256 g/mol. The molecule has 96 valence electrons. The summed E-state index contributed by atoms with van der Waals surface area (Å²) in [6.45, 7) is 4.08. The Morgan fingerprint density at radius 3 is 2.18 bits per heavy atom. The van der Waals surface area contributed by atoms with Crippen molar-refractivity contribution in [2.24, 2.45) is 5.92 Å². The molecule has 1 aromatic rings. The van der Waals surface area contributed by atoms with E-state index in [1.165, 1.54) is 6.26 Å². The molecular weight excluding hydrogens is 236 g/mol. The van der Waals surface area contributed by atoms with E-state index in [0.29, 0.717) is 0 Å². The Kier molecular flexibility index (Phi) is 4.71. The summed E-state index contributed by atoms with van der Waals surface area (Å²) in [7, 11) is -3.16. The van der Waals surface area contributed by atoms with Gasteiger partial charge in [0.25, 0.3) is 0 Å². The average molecular weight is 256 g/mol. The molecule has 0 heterocycles. The summed E-state index contributed by atoms with van der Waals surface area (Å²) in [6, 6.07) is 6.47. The van der Waals surface area contributed by atoms with Crippen molar-refractivity contribution in [2.75, 3.05) is 6.26 Å². The van der Waals surface area contributed by atoms with Gasteiger partial charge in [0.2, 0.25) is 0 Å². The summed E-state index contributed by atoms with van der Waals surface area (Å²) in [5, 5.41) is 10.1. The highest BCUT2D eigenvalue weighted by Crippen LogP contribution is 2.26. The minimum absolute atomic E-state index is 0.184. The van der Waals surface area contributed by atoms with Gasteiger partial charge in [-0.2, -0.15) is 0 Å². The molecule has 1 rings (SSSR count). The van der Waals surface area contributed by atoms with Gasteiger partial charge >= 0.3 is 0 Å². The topological polar surface area (TPSA) is 54.4 Å². The van der Waals surface area contributed by atoms with Crippen molar-refractivity contribution in [1.82, 2.24) is 0 Å². The first-order valence-corrected chi connectivity index (χ1v) is 7.73. The first-order valence-electron chi connectivity index (χ1n) is 5.84. The molecule has 1 N–H and O–H groups in total. The van der Waals surface area contributed by atoms with E-state index in [4.69, 9.17) is 0 Å². The molecule has 0 radical (unpaired) electrons. The van der Waals surface area contributed by atoms with Crippen LogP contribution in [0, 0.1) is 5.92 Å². The molecule has 0 aliphatic heterocycles. The molecule has 0 spiro atoms. The zero-order valence-corrected chi connectivity index (χ0v) is 11.4. The summed E-state index contributed by atoms with van der Waals surface area (Å²) in [6.07, 6.45) is 2.64. The lowest BCUT2D eigenvalue weighted by molar-refractivity contribution is 0.112. The van der Waals surface area contributed by atoms with Gasteiger partial charge in [-0.3, -0.25) is 0 Å². The van der Waals surface area contributed by atoms with Crippen molar-refractivity contribution < 1.29 is 13.5 Å². The first kappa shape index (κ1) is 14.2. The summed E-state index contributed by atoms with van der Waals surface area (Å²) in [5.74, 6) is 0.184. The Labute approximate surface area is 103 Å². The van der Waals surface area contributed by atoms with Crippen molar-refractivity contribution in [3.63, 3.8) is 0 Å². The summed E-state index contributed by atoms with van der Waals surface area (Å²) < 4.78 is 22.6. The van der Waals surface area contributed by atoms with E-state index in [1.807, 2.05) is 6.92 Å². The van der Waals surface area contributed by atoms with Gasteiger partial charge in [-0.05, 0) is 30.0 Å². The largest absolute Gasteiger partial charge is 0.388 e. The third-order valence-electron chi connectivity index (χ3n) is 2.93. The number of sulfone groups is 1. The van der Waals surface area contributed by atoms with E-state index >= 15 is 0 Å². The Morgan fingerprint density at radius 2 is 1.76 bits per heavy atom. The highest BCUT2D eigenvalue weighted by atomic mass is 32.2. The van der Waals surface area contributed by atoms with Crippen LogP contribution in [0.3, 0.4) is 0 Å². The molecule has 0 bridgehead atoms. The quantitative estimate of drug-likeness (QED) is 0.881. The molecule has 2 unspecified atom stereocenters. The third-order valence-corrected chi connectivity index (χ3v) is 4.06. The van der Waals surface area contributed by atoms with Crippen LogP contribution in [-0.2, 0) is 9.84 Å². The molecule has 0 saturated heterocycles. The van der Waals surface area contributed by atoms with Gasteiger partial charge in [0.15, 0.2) is 9.84 Å². The van der Waals surface area contributed by atoms with Crippen LogP contribution in [0.5, 0.6) is 0 Å². The van der Waals surface area contributed by atoms with Crippen LogP contribution in [0.15, 0.2) is 29.2 Å². The maximum absolute atomic E-state index is 11.3. The van der Waals surface area contributed by atoms with Crippen LogP contribution >= 0.6 is 0 Å². The molecule has 0 amide bonds. The molecule has 1 aromatic carbocycles. The second-order valence-electron chi connectivity index (χ2n) is 4.55. The minimum Gasteiger partial charge on any atom is -0.388 e. The molecule has 0 aliphatic rings. The van der Waals surface area contributed by atoms with E-state index in [9.17, 15) is 13.5 Å². The minimum atomic E-state index is -3.16. The standard InChI is InChI=1S/C13H20O3S/c1-4-5-10(2)13(14)11-6-8-12(9-7-11)17(3,15)16/h6-10,13-14H,4-5H2,1-3H3. The number of hydrogen-bond acceptors (Lipinski definition) is 3. The van der Waals surface area contributed by atoms with Gasteiger partial charge in [0, 0.05) is 6.26 Å². The van der Waals surface area contributed by atoms with Crippen molar-refractivity contribution in [2.45, 2.75) is 37.7 Å². The number of benzene rings is 1. The second kappa shape index (κ2) is 5.65. The SMILES string of the molecule is CCCC(C)C(O)c1ccc(S(C)(=O)=O)cc1. The summed E-state index contributed by atoms with van der Waals surface area (Å²) >= 11 is 0. The maximum atomic E-state index is 11.3. The predicted molar refractivity (Wildman–Crippen MR) is 68.6 cm³/mol. The van der Waals surface area contributed by atoms with Crippen molar-refractivity contribution in [3.8, 4) is 0 Å². The Bertz CT molecular complexity index is 448. The van der Waals surface area contributed by atoms with Crippen LogP contribution in [-0.4, -0.2) is 19.8 Å². The number of rotatable bonds is 5. The van der Waals surface area contributed by atoms with E-state index in [-0.39, 0.29) is 10.8 Å². The fraction of sp³-hybridized carbons (Fsp3) is 0.538. The Balaban J connectivity index is 2.88. The van der Waals surface area contributed by atoms with E-state index in [0.717, 1.165) is 18.4 Å². The Hall–Kier alpha value is -0.870. The fourth-order valence-electron chi connectivity index (χ4n) is 1.85. The molecule has 0 fully saturated rings. The number of aliphatic hydroxyl groups is 1. The zero-order valence-electron chi connectivity index (χ0n) is 10.6. The van der Waals surface area contributed by atoms with Crippen LogP contribution in [0.1, 0.15) is 38.4 Å². The lowest BCUT2D eigenvalue weighted by Crippen LogP contribution is -2.09. The lowest BCUT2D eigenvalue weighted by atomic mass is 9.94. The maximum Gasteiger partial charge on any atom is 0.175 e. The Morgan fingerprint density at radius 1 is 1.24 bits per heavy atom. The smallest absolute Gasteiger partial charge is 0.175 e. The van der Waals surface area contributed by atoms with Crippen LogP contribution in [0.4, 0.5) is 0 Å². The van der Waals surface area contributed by atoms with E-state index < -0.39 is 15.9 Å². The van der Waals surface area contributed by atoms with Crippen molar-refractivity contribution >= 4 is 9.84 Å². The number of aliphatic hydroxyl groups excluding tert-OH is 1. The van der Waals surface area contributed by atoms with Crippen LogP contribution < -0.4 is 0 Å². The molecule has 17 heavy (non-hydrogen) atoms. The fourth-order valence-corrected chi connectivity index (χ4v) is 2.48. The molecule has 0 aromatic heterocycles. The van der Waals surface area contributed by atoms with Gasteiger partial charge in [-0.15, -0.1) is 0 Å². The van der Waals surface area contributed by atoms with Crippen LogP contribution in [0.25, 0.3) is 0 Å². The lowest BCUT2D eigenvalue weighted by Gasteiger charge is -2.18. The third kappa shape index (κ3) is 3.82.